The minimum absolute atomic E-state index is 0.285. The molecule has 4 rings (SSSR count). The normalized spacial score (nSPS) is 14.8. The predicted octanol–water partition coefficient (Wildman–Crippen LogP) is 3.33. The quantitative estimate of drug-likeness (QED) is 0.697. The van der Waals surface area contributed by atoms with Crippen LogP contribution in [0, 0.1) is 0 Å². The van der Waals surface area contributed by atoms with E-state index in [4.69, 9.17) is 15.5 Å². The predicted molar refractivity (Wildman–Crippen MR) is 117 cm³/mol. The Balaban J connectivity index is 1.52. The van der Waals surface area contributed by atoms with Gasteiger partial charge in [0.25, 0.3) is 0 Å². The summed E-state index contributed by atoms with van der Waals surface area (Å²) in [4.78, 5) is 29.7. The number of hydrogen-bond donors (Lipinski definition) is 1. The van der Waals surface area contributed by atoms with Crippen LogP contribution >= 0.6 is 0 Å². The number of amides is 1. The maximum absolute atomic E-state index is 12.3. The summed E-state index contributed by atoms with van der Waals surface area (Å²) in [5, 5.41) is 1.02. The van der Waals surface area contributed by atoms with E-state index >= 15 is 0 Å². The molecule has 3 aromatic rings. The van der Waals surface area contributed by atoms with Crippen LogP contribution in [0.3, 0.4) is 0 Å². The number of benzene rings is 1. The summed E-state index contributed by atoms with van der Waals surface area (Å²) in [5.41, 5.74) is 7.31. The number of rotatable bonds is 2. The Morgan fingerprint density at radius 1 is 1.07 bits per heavy atom. The number of anilines is 2. The lowest BCUT2D eigenvalue weighted by molar-refractivity contribution is 0.0240. The third-order valence-electron chi connectivity index (χ3n) is 4.84. The molecule has 0 unspecified atom stereocenters. The van der Waals surface area contributed by atoms with Gasteiger partial charge in [0.1, 0.15) is 17.2 Å². The second-order valence-electron chi connectivity index (χ2n) is 8.35. The van der Waals surface area contributed by atoms with Crippen LogP contribution in [0.4, 0.5) is 16.4 Å². The molecule has 0 spiro atoms. The van der Waals surface area contributed by atoms with Crippen molar-refractivity contribution < 1.29 is 9.53 Å². The average molecular weight is 406 g/mol. The van der Waals surface area contributed by atoms with Crippen molar-refractivity contribution in [1.82, 2.24) is 19.9 Å². The monoisotopic (exact) mass is 406 g/mol. The minimum atomic E-state index is -0.502. The minimum Gasteiger partial charge on any atom is -0.444 e. The molecule has 1 amide bonds. The Kier molecular flexibility index (Phi) is 5.15. The van der Waals surface area contributed by atoms with Gasteiger partial charge < -0.3 is 20.3 Å². The zero-order chi connectivity index (χ0) is 21.3. The van der Waals surface area contributed by atoms with E-state index in [-0.39, 0.29) is 6.09 Å². The fourth-order valence-electron chi connectivity index (χ4n) is 3.38. The van der Waals surface area contributed by atoms with Crippen LogP contribution in [-0.4, -0.2) is 57.7 Å². The highest BCUT2D eigenvalue weighted by atomic mass is 16.6. The molecule has 30 heavy (non-hydrogen) atoms. The summed E-state index contributed by atoms with van der Waals surface area (Å²) < 4.78 is 5.47. The van der Waals surface area contributed by atoms with Crippen molar-refractivity contribution in [2.75, 3.05) is 36.8 Å². The summed E-state index contributed by atoms with van der Waals surface area (Å²) in [6.07, 6.45) is 1.48. The lowest BCUT2D eigenvalue weighted by atomic mass is 10.1. The molecule has 2 aromatic heterocycles. The van der Waals surface area contributed by atoms with Gasteiger partial charge in [-0.2, -0.15) is 0 Å². The van der Waals surface area contributed by atoms with Crippen molar-refractivity contribution >= 4 is 28.6 Å². The fourth-order valence-corrected chi connectivity index (χ4v) is 3.38. The van der Waals surface area contributed by atoms with Gasteiger partial charge in [0.2, 0.25) is 0 Å². The van der Waals surface area contributed by atoms with Gasteiger partial charge >= 0.3 is 6.09 Å². The SMILES string of the molecule is CC(C)(C)OC(=O)N1CCN(c2cc(N)nc(-c3cnc4ccccc4c3)n2)CC1. The number of hydrogen-bond acceptors (Lipinski definition) is 7. The Morgan fingerprint density at radius 2 is 1.80 bits per heavy atom. The molecule has 0 atom stereocenters. The number of piperazine rings is 1. The van der Waals surface area contributed by atoms with Gasteiger partial charge in [0, 0.05) is 49.4 Å². The molecule has 0 bridgehead atoms. The molecule has 2 N–H and O–H groups in total. The first kappa shape index (κ1) is 19.9. The lowest BCUT2D eigenvalue weighted by Crippen LogP contribution is -2.50. The van der Waals surface area contributed by atoms with Gasteiger partial charge in [-0.25, -0.2) is 14.8 Å². The van der Waals surface area contributed by atoms with E-state index in [9.17, 15) is 4.79 Å². The summed E-state index contributed by atoms with van der Waals surface area (Å²) in [7, 11) is 0. The smallest absolute Gasteiger partial charge is 0.410 e. The van der Waals surface area contributed by atoms with Crippen LogP contribution in [0.1, 0.15) is 20.8 Å². The number of fused-ring (bicyclic) bond motifs is 1. The van der Waals surface area contributed by atoms with Crippen molar-refractivity contribution in [2.24, 2.45) is 0 Å². The molecule has 8 heteroatoms. The van der Waals surface area contributed by atoms with Crippen LogP contribution in [-0.2, 0) is 4.74 Å². The van der Waals surface area contributed by atoms with E-state index in [2.05, 4.69) is 14.9 Å². The van der Waals surface area contributed by atoms with Gasteiger partial charge in [-0.3, -0.25) is 4.98 Å². The summed E-state index contributed by atoms with van der Waals surface area (Å²) in [6.45, 7) is 8.02. The van der Waals surface area contributed by atoms with Gasteiger partial charge in [0.15, 0.2) is 5.82 Å². The number of carbonyl (C=O) groups is 1. The molecule has 1 aromatic carbocycles. The first-order chi connectivity index (χ1) is 14.3. The third-order valence-corrected chi connectivity index (χ3v) is 4.84. The first-order valence-corrected chi connectivity index (χ1v) is 10.0. The molecule has 0 aliphatic carbocycles. The summed E-state index contributed by atoms with van der Waals surface area (Å²) in [5.74, 6) is 1.69. The number of carbonyl (C=O) groups excluding carboxylic acids is 1. The number of pyridine rings is 1. The number of ether oxygens (including phenoxy) is 1. The van der Waals surface area contributed by atoms with E-state index in [1.54, 1.807) is 17.2 Å². The number of aromatic nitrogens is 3. The molecule has 3 heterocycles. The van der Waals surface area contributed by atoms with Crippen molar-refractivity contribution in [1.29, 1.82) is 0 Å². The Labute approximate surface area is 175 Å². The second kappa shape index (κ2) is 7.78. The van der Waals surface area contributed by atoms with E-state index in [1.165, 1.54) is 0 Å². The number of para-hydroxylation sites is 1. The van der Waals surface area contributed by atoms with E-state index in [0.717, 1.165) is 22.3 Å². The molecule has 1 saturated heterocycles. The highest BCUT2D eigenvalue weighted by Gasteiger charge is 2.26. The summed E-state index contributed by atoms with van der Waals surface area (Å²) in [6, 6.07) is 11.7. The standard InChI is InChI=1S/C22H26N6O2/c1-22(2,3)30-21(29)28-10-8-27(9-11-28)19-13-18(23)25-20(26-19)16-12-15-6-4-5-7-17(15)24-14-16/h4-7,12-14H,8-11H2,1-3H3,(H2,23,25,26). The fraction of sp³-hybridized carbons (Fsp3) is 0.364. The van der Waals surface area contributed by atoms with E-state index in [1.807, 2.05) is 51.1 Å². The average Bonchev–Trinajstić information content (AvgIpc) is 2.72. The zero-order valence-corrected chi connectivity index (χ0v) is 17.5. The molecule has 1 aliphatic heterocycles. The van der Waals surface area contributed by atoms with Gasteiger partial charge in [-0.1, -0.05) is 18.2 Å². The third kappa shape index (κ3) is 4.42. The topological polar surface area (TPSA) is 97.5 Å². The molecule has 0 saturated carbocycles. The maximum Gasteiger partial charge on any atom is 0.410 e. The Hall–Kier alpha value is -3.42. The number of nitrogen functional groups attached to an aromatic ring is 1. The van der Waals surface area contributed by atoms with Gasteiger partial charge in [-0.15, -0.1) is 0 Å². The van der Waals surface area contributed by atoms with Crippen LogP contribution in [0.2, 0.25) is 0 Å². The molecule has 1 fully saturated rings. The highest BCUT2D eigenvalue weighted by molar-refractivity contribution is 5.82. The molecular weight excluding hydrogens is 380 g/mol. The summed E-state index contributed by atoms with van der Waals surface area (Å²) >= 11 is 0. The molecule has 8 nitrogen and oxygen atoms in total. The van der Waals surface area contributed by atoms with Crippen LogP contribution < -0.4 is 10.6 Å². The molecule has 1 aliphatic rings. The Bertz CT molecular complexity index is 1070. The van der Waals surface area contributed by atoms with Gasteiger partial charge in [0.05, 0.1) is 5.52 Å². The Morgan fingerprint density at radius 3 is 2.53 bits per heavy atom. The lowest BCUT2D eigenvalue weighted by Gasteiger charge is -2.36. The second-order valence-corrected chi connectivity index (χ2v) is 8.35. The van der Waals surface area contributed by atoms with Crippen molar-refractivity contribution in [3.8, 4) is 11.4 Å². The molecular formula is C22H26N6O2. The number of nitrogens with two attached hydrogens (primary N) is 1. The van der Waals surface area contributed by atoms with Crippen molar-refractivity contribution in [3.63, 3.8) is 0 Å². The molecule has 156 valence electrons. The number of nitrogens with zero attached hydrogens (tertiary/aromatic N) is 5. The van der Waals surface area contributed by atoms with Crippen molar-refractivity contribution in [3.05, 3.63) is 42.6 Å². The first-order valence-electron chi connectivity index (χ1n) is 10.0. The van der Waals surface area contributed by atoms with Crippen LogP contribution in [0.25, 0.3) is 22.3 Å². The van der Waals surface area contributed by atoms with E-state index < -0.39 is 5.60 Å². The van der Waals surface area contributed by atoms with Gasteiger partial charge in [-0.05, 0) is 32.9 Å². The maximum atomic E-state index is 12.3. The van der Waals surface area contributed by atoms with Crippen LogP contribution in [0.15, 0.2) is 42.6 Å². The highest BCUT2D eigenvalue weighted by Crippen LogP contribution is 2.24. The van der Waals surface area contributed by atoms with E-state index in [0.29, 0.717) is 37.8 Å². The largest absolute Gasteiger partial charge is 0.444 e. The van der Waals surface area contributed by atoms with Crippen LogP contribution in [0.5, 0.6) is 0 Å². The zero-order valence-electron chi connectivity index (χ0n) is 17.5. The molecule has 0 radical (unpaired) electrons. The van der Waals surface area contributed by atoms with Crippen molar-refractivity contribution in [2.45, 2.75) is 26.4 Å².